The maximum atomic E-state index is 14.8. The summed E-state index contributed by atoms with van der Waals surface area (Å²) in [5.74, 6) is -5.95. The Balaban J connectivity index is 1.61. The molecule has 0 radical (unpaired) electrons. The monoisotopic (exact) mass is 484 g/mol. The molecule has 1 aliphatic heterocycles. The topological polar surface area (TPSA) is 18.5 Å². The average Bonchev–Trinajstić information content (AvgIpc) is 2.77. The molecule has 0 aromatic heterocycles. The van der Waals surface area contributed by atoms with Crippen molar-refractivity contribution in [2.75, 3.05) is 13.2 Å². The zero-order valence-electron chi connectivity index (χ0n) is 17.9. The van der Waals surface area contributed by atoms with Gasteiger partial charge in [0, 0.05) is 11.5 Å². The Bertz CT molecular complexity index is 1130. The molecule has 0 unspecified atom stereocenters. The van der Waals surface area contributed by atoms with Gasteiger partial charge in [-0.2, -0.15) is 13.2 Å². The van der Waals surface area contributed by atoms with Gasteiger partial charge < -0.3 is 9.47 Å². The average molecular weight is 484 g/mol. The second-order valence-corrected chi connectivity index (χ2v) is 8.02. The molecule has 0 spiro atoms. The minimum atomic E-state index is -5.29. The predicted octanol–water partition coefficient (Wildman–Crippen LogP) is 7.67. The summed E-state index contributed by atoms with van der Waals surface area (Å²) in [6.45, 7) is 3.17. The van der Waals surface area contributed by atoms with Gasteiger partial charge in [0.25, 0.3) is 0 Å². The second-order valence-electron chi connectivity index (χ2n) is 8.02. The molecule has 3 aromatic rings. The van der Waals surface area contributed by atoms with Crippen LogP contribution in [0.2, 0.25) is 0 Å². The van der Waals surface area contributed by atoms with Gasteiger partial charge in [-0.15, -0.1) is 0 Å². The van der Waals surface area contributed by atoms with Crippen molar-refractivity contribution in [2.45, 2.75) is 25.8 Å². The lowest BCUT2D eigenvalue weighted by atomic mass is 9.97. The van der Waals surface area contributed by atoms with Crippen molar-refractivity contribution in [1.29, 1.82) is 0 Å². The molecular formula is C25H19F7O2. The minimum Gasteiger partial charge on any atom is -0.348 e. The van der Waals surface area contributed by atoms with Crippen molar-refractivity contribution >= 4 is 0 Å². The molecule has 1 aliphatic rings. The Kier molecular flexibility index (Phi) is 6.69. The lowest BCUT2D eigenvalue weighted by molar-refractivity contribution is -0.205. The Morgan fingerprint density at radius 1 is 0.735 bits per heavy atom. The Morgan fingerprint density at radius 2 is 1.24 bits per heavy atom. The summed E-state index contributed by atoms with van der Waals surface area (Å²) in [4.78, 5) is 0. The molecule has 9 heteroatoms. The van der Waals surface area contributed by atoms with E-state index in [1.165, 1.54) is 0 Å². The van der Waals surface area contributed by atoms with Crippen LogP contribution in [0.15, 0.2) is 48.5 Å². The predicted molar refractivity (Wildman–Crippen MR) is 111 cm³/mol. The molecule has 1 saturated heterocycles. The van der Waals surface area contributed by atoms with Gasteiger partial charge in [0.15, 0.2) is 6.29 Å². The van der Waals surface area contributed by atoms with Crippen molar-refractivity contribution in [3.63, 3.8) is 0 Å². The highest BCUT2D eigenvalue weighted by Crippen LogP contribution is 2.38. The number of benzene rings is 3. The zero-order chi connectivity index (χ0) is 24.6. The van der Waals surface area contributed by atoms with Crippen molar-refractivity contribution in [3.8, 4) is 22.3 Å². The second kappa shape index (κ2) is 9.38. The number of ether oxygens (including phenoxy) is 2. The highest BCUT2D eigenvalue weighted by molar-refractivity contribution is 5.72. The molecule has 0 aliphatic carbocycles. The fourth-order valence-electron chi connectivity index (χ4n) is 3.81. The summed E-state index contributed by atoms with van der Waals surface area (Å²) in [6.07, 6.45) is -4.90. The Morgan fingerprint density at radius 3 is 1.71 bits per heavy atom. The van der Waals surface area contributed by atoms with E-state index in [1.807, 2.05) is 6.92 Å². The number of rotatable bonds is 4. The zero-order valence-corrected chi connectivity index (χ0v) is 17.9. The summed E-state index contributed by atoms with van der Waals surface area (Å²) >= 11 is 0. The smallest absolute Gasteiger partial charge is 0.348 e. The quantitative estimate of drug-likeness (QED) is 0.354. The van der Waals surface area contributed by atoms with Crippen LogP contribution < -0.4 is 0 Å². The largest absolute Gasteiger partial charge is 0.422 e. The Hall–Kier alpha value is -2.91. The highest BCUT2D eigenvalue weighted by atomic mass is 19.4. The molecule has 0 atom stereocenters. The summed E-state index contributed by atoms with van der Waals surface area (Å²) in [5.41, 5.74) is -2.33. The van der Waals surface area contributed by atoms with Crippen molar-refractivity contribution in [1.82, 2.24) is 0 Å². The molecule has 2 nitrogen and oxygen atoms in total. The lowest BCUT2D eigenvalue weighted by Crippen LogP contribution is -2.26. The third kappa shape index (κ3) is 4.81. The Labute approximate surface area is 190 Å². The van der Waals surface area contributed by atoms with E-state index in [-0.39, 0.29) is 17.7 Å². The van der Waals surface area contributed by atoms with E-state index in [9.17, 15) is 30.7 Å². The molecule has 34 heavy (non-hydrogen) atoms. The van der Waals surface area contributed by atoms with Gasteiger partial charge in [0.1, 0.15) is 28.8 Å². The fourth-order valence-corrected chi connectivity index (χ4v) is 3.81. The molecule has 0 bridgehead atoms. The first kappa shape index (κ1) is 24.2. The fraction of sp³-hybridized carbons (Fsp3) is 0.280. The third-order valence-electron chi connectivity index (χ3n) is 5.72. The summed E-state index contributed by atoms with van der Waals surface area (Å²) in [5, 5.41) is 0. The lowest BCUT2D eigenvalue weighted by Gasteiger charge is -2.29. The van der Waals surface area contributed by atoms with Crippen molar-refractivity contribution < 1.29 is 40.2 Å². The van der Waals surface area contributed by atoms with Crippen LogP contribution in [0.3, 0.4) is 0 Å². The molecule has 0 saturated carbocycles. The highest BCUT2D eigenvalue weighted by Gasteiger charge is 2.38. The van der Waals surface area contributed by atoms with Gasteiger partial charge in [-0.1, -0.05) is 31.2 Å². The van der Waals surface area contributed by atoms with Gasteiger partial charge in [-0.05, 0) is 47.4 Å². The van der Waals surface area contributed by atoms with Crippen LogP contribution in [0.25, 0.3) is 22.3 Å². The van der Waals surface area contributed by atoms with E-state index < -0.39 is 52.4 Å². The van der Waals surface area contributed by atoms with E-state index in [4.69, 9.17) is 9.47 Å². The first-order valence-electron chi connectivity index (χ1n) is 10.5. The molecule has 3 aromatic carbocycles. The number of halogens is 7. The normalized spacial score (nSPS) is 18.8. The van der Waals surface area contributed by atoms with Crippen LogP contribution in [0.1, 0.15) is 30.8 Å². The van der Waals surface area contributed by atoms with Gasteiger partial charge in [0.2, 0.25) is 0 Å². The molecule has 4 rings (SSSR count). The molecule has 0 N–H and O–H groups in total. The van der Waals surface area contributed by atoms with E-state index >= 15 is 0 Å². The molecule has 180 valence electrons. The van der Waals surface area contributed by atoms with E-state index in [0.717, 1.165) is 24.1 Å². The number of alkyl halides is 3. The van der Waals surface area contributed by atoms with Crippen LogP contribution in [0.5, 0.6) is 0 Å². The van der Waals surface area contributed by atoms with Gasteiger partial charge >= 0.3 is 6.18 Å². The van der Waals surface area contributed by atoms with Crippen LogP contribution in [0.4, 0.5) is 30.7 Å². The molecule has 1 fully saturated rings. The molecule has 1 heterocycles. The van der Waals surface area contributed by atoms with E-state index in [2.05, 4.69) is 0 Å². The van der Waals surface area contributed by atoms with Crippen molar-refractivity contribution in [3.05, 3.63) is 82.9 Å². The summed E-state index contributed by atoms with van der Waals surface area (Å²) < 4.78 is 107. The first-order valence-corrected chi connectivity index (χ1v) is 10.5. The van der Waals surface area contributed by atoms with Gasteiger partial charge in [-0.25, -0.2) is 17.6 Å². The number of hydrogen-bond donors (Lipinski definition) is 0. The molecular weight excluding hydrogens is 465 g/mol. The van der Waals surface area contributed by atoms with E-state index in [1.54, 1.807) is 24.3 Å². The summed E-state index contributed by atoms with van der Waals surface area (Å²) in [6, 6.07) is 9.01. The molecule has 0 amide bonds. The first-order chi connectivity index (χ1) is 16.1. The maximum absolute atomic E-state index is 14.8. The minimum absolute atomic E-state index is 0.134. The summed E-state index contributed by atoms with van der Waals surface area (Å²) in [7, 11) is 0. The van der Waals surface area contributed by atoms with Crippen LogP contribution in [0, 0.1) is 29.2 Å². The van der Waals surface area contributed by atoms with Crippen molar-refractivity contribution in [2.24, 2.45) is 5.92 Å². The van der Waals surface area contributed by atoms with Crippen LogP contribution >= 0.6 is 0 Å². The SMILES string of the molecule is CCC1COC(c2ccc(-c3cc(F)c(-c4cc(F)c(C(F)(F)F)c(F)c4)c(F)c3)cc2)OC1. The third-order valence-corrected chi connectivity index (χ3v) is 5.72. The van der Waals surface area contributed by atoms with Gasteiger partial charge in [-0.3, -0.25) is 0 Å². The maximum Gasteiger partial charge on any atom is 0.422 e. The van der Waals surface area contributed by atoms with E-state index in [0.29, 0.717) is 24.7 Å². The van der Waals surface area contributed by atoms with Crippen LogP contribution in [-0.4, -0.2) is 13.2 Å². The standard InChI is InChI=1S/C25H19F7O2/c1-2-13-11-33-24(34-12-13)15-5-3-14(4-6-15)16-7-18(26)22(19(27)8-16)17-9-20(28)23(21(29)10-17)25(30,31)32/h3-10,13,24H,2,11-12H2,1H3. The number of hydrogen-bond acceptors (Lipinski definition) is 2. The van der Waals surface area contributed by atoms with Crippen LogP contribution in [-0.2, 0) is 15.7 Å². The van der Waals surface area contributed by atoms with Gasteiger partial charge in [0.05, 0.1) is 18.8 Å².